The van der Waals surface area contributed by atoms with Crippen molar-refractivity contribution < 1.29 is 0 Å². The second kappa shape index (κ2) is 7.45. The van der Waals surface area contributed by atoms with Gasteiger partial charge in [0, 0.05) is 17.5 Å². The predicted octanol–water partition coefficient (Wildman–Crippen LogP) is 5.22. The molecule has 2 aliphatic rings. The molecule has 0 bridgehead atoms. The van der Waals surface area contributed by atoms with Gasteiger partial charge in [0.05, 0.1) is 11.4 Å². The van der Waals surface area contributed by atoms with Crippen molar-refractivity contribution in [3.63, 3.8) is 0 Å². The molecule has 5 heteroatoms. The monoisotopic (exact) mass is 393 g/mol. The smallest absolute Gasteiger partial charge is 0.260 e. The maximum atomic E-state index is 13.0. The Hall–Kier alpha value is -1.98. The molecule has 28 heavy (non-hydrogen) atoms. The van der Waals surface area contributed by atoms with Gasteiger partial charge in [0.2, 0.25) is 0 Å². The van der Waals surface area contributed by atoms with Gasteiger partial charge in [0.1, 0.15) is 10.7 Å². The van der Waals surface area contributed by atoms with E-state index in [-0.39, 0.29) is 11.6 Å². The van der Waals surface area contributed by atoms with Crippen LogP contribution in [0.15, 0.2) is 40.5 Å². The first-order valence-corrected chi connectivity index (χ1v) is 11.4. The summed E-state index contributed by atoms with van der Waals surface area (Å²) in [7, 11) is 0. The molecule has 1 saturated carbocycles. The van der Waals surface area contributed by atoms with Crippen molar-refractivity contribution >= 4 is 21.6 Å². The quantitative estimate of drug-likeness (QED) is 0.663. The lowest BCUT2D eigenvalue weighted by molar-refractivity contribution is 0.0591. The van der Waals surface area contributed by atoms with Crippen LogP contribution in [0.2, 0.25) is 0 Å². The Kier molecular flexibility index (Phi) is 4.81. The van der Waals surface area contributed by atoms with E-state index in [2.05, 4.69) is 22.2 Å². The lowest BCUT2D eigenvalue weighted by Gasteiger charge is -2.43. The van der Waals surface area contributed by atoms with Gasteiger partial charge < -0.3 is 4.98 Å². The van der Waals surface area contributed by atoms with E-state index < -0.39 is 0 Å². The Labute approximate surface area is 169 Å². The van der Waals surface area contributed by atoms with Gasteiger partial charge in [-0.05, 0) is 43.7 Å². The SMILES string of the molecule is C[C@H](c1nc2scc(-c3ccccc3)c2c(=O)[nH]1)N1CC[C@@H]2CCCC[C@H]2C1. The molecule has 1 aromatic carbocycles. The fraction of sp³-hybridized carbons (Fsp3) is 0.478. The van der Waals surface area contributed by atoms with Crippen LogP contribution in [-0.4, -0.2) is 28.0 Å². The molecular formula is C23H27N3OS. The summed E-state index contributed by atoms with van der Waals surface area (Å²) in [5, 5.41) is 2.78. The van der Waals surface area contributed by atoms with Crippen LogP contribution in [0.5, 0.6) is 0 Å². The Morgan fingerprint density at radius 2 is 1.93 bits per heavy atom. The third-order valence-corrected chi connectivity index (χ3v) is 7.69. The highest BCUT2D eigenvalue weighted by molar-refractivity contribution is 7.17. The number of fused-ring (bicyclic) bond motifs is 2. The van der Waals surface area contributed by atoms with E-state index in [1.165, 1.54) is 32.1 Å². The van der Waals surface area contributed by atoms with Gasteiger partial charge in [0.15, 0.2) is 0 Å². The molecule has 5 rings (SSSR count). The van der Waals surface area contributed by atoms with E-state index in [0.29, 0.717) is 0 Å². The Balaban J connectivity index is 1.44. The molecule has 1 aliphatic heterocycles. The zero-order valence-corrected chi connectivity index (χ0v) is 17.2. The maximum absolute atomic E-state index is 13.0. The molecule has 3 aromatic rings. The number of likely N-dealkylation sites (tertiary alicyclic amines) is 1. The fourth-order valence-electron chi connectivity index (χ4n) is 5.15. The van der Waals surface area contributed by atoms with E-state index in [4.69, 9.17) is 4.98 Å². The number of aromatic amines is 1. The number of thiophene rings is 1. The van der Waals surface area contributed by atoms with Gasteiger partial charge in [-0.1, -0.05) is 49.6 Å². The van der Waals surface area contributed by atoms with E-state index in [1.54, 1.807) is 11.3 Å². The van der Waals surface area contributed by atoms with Gasteiger partial charge in [-0.2, -0.15) is 0 Å². The summed E-state index contributed by atoms with van der Waals surface area (Å²) in [5.74, 6) is 2.55. The molecule has 2 aromatic heterocycles. The van der Waals surface area contributed by atoms with Crippen LogP contribution in [-0.2, 0) is 0 Å². The van der Waals surface area contributed by atoms with Gasteiger partial charge in [-0.15, -0.1) is 11.3 Å². The predicted molar refractivity (Wildman–Crippen MR) is 116 cm³/mol. The molecule has 1 saturated heterocycles. The first kappa shape index (κ1) is 18.1. The first-order valence-electron chi connectivity index (χ1n) is 10.5. The molecule has 4 nitrogen and oxygen atoms in total. The van der Waals surface area contributed by atoms with Crippen LogP contribution >= 0.6 is 11.3 Å². The Morgan fingerprint density at radius 3 is 2.75 bits per heavy atom. The molecule has 0 spiro atoms. The highest BCUT2D eigenvalue weighted by Gasteiger charge is 2.33. The average Bonchev–Trinajstić information content (AvgIpc) is 3.18. The number of H-pyrrole nitrogens is 1. The standard InChI is InChI=1S/C23H27N3OS/c1-15(26-12-11-16-7-5-6-10-18(16)13-26)21-24-22(27)20-19(14-28-23(20)25-21)17-8-3-2-4-9-17/h2-4,8-9,14-16,18H,5-7,10-13H2,1H3,(H,24,25,27)/t15-,16+,18+/m1/s1. The van der Waals surface area contributed by atoms with Crippen molar-refractivity contribution in [1.82, 2.24) is 14.9 Å². The van der Waals surface area contributed by atoms with Crippen LogP contribution in [0.3, 0.4) is 0 Å². The molecule has 3 atom stereocenters. The number of benzene rings is 1. The van der Waals surface area contributed by atoms with Gasteiger partial charge >= 0.3 is 0 Å². The van der Waals surface area contributed by atoms with Crippen molar-refractivity contribution in [2.75, 3.05) is 13.1 Å². The summed E-state index contributed by atoms with van der Waals surface area (Å²) in [5.41, 5.74) is 2.04. The maximum Gasteiger partial charge on any atom is 0.260 e. The van der Waals surface area contributed by atoms with Crippen LogP contribution in [0.1, 0.15) is 50.9 Å². The van der Waals surface area contributed by atoms with Crippen molar-refractivity contribution in [1.29, 1.82) is 0 Å². The van der Waals surface area contributed by atoms with Crippen molar-refractivity contribution in [2.45, 2.75) is 45.1 Å². The van der Waals surface area contributed by atoms with Gasteiger partial charge in [0.25, 0.3) is 5.56 Å². The van der Waals surface area contributed by atoms with E-state index >= 15 is 0 Å². The zero-order valence-electron chi connectivity index (χ0n) is 16.4. The summed E-state index contributed by atoms with van der Waals surface area (Å²) in [4.78, 5) is 24.3. The molecule has 0 amide bonds. The van der Waals surface area contributed by atoms with Crippen molar-refractivity contribution in [3.05, 3.63) is 51.9 Å². The zero-order chi connectivity index (χ0) is 19.1. The fourth-order valence-corrected chi connectivity index (χ4v) is 6.10. The number of piperidine rings is 1. The molecular weight excluding hydrogens is 366 g/mol. The number of hydrogen-bond acceptors (Lipinski definition) is 4. The van der Waals surface area contributed by atoms with E-state index in [9.17, 15) is 4.79 Å². The molecule has 1 N–H and O–H groups in total. The number of rotatable bonds is 3. The molecule has 0 unspecified atom stereocenters. The van der Waals surface area contributed by atoms with Crippen LogP contribution in [0.4, 0.5) is 0 Å². The largest absolute Gasteiger partial charge is 0.309 e. The molecule has 2 fully saturated rings. The topological polar surface area (TPSA) is 49.0 Å². The third kappa shape index (κ3) is 3.20. The minimum atomic E-state index is -0.0143. The average molecular weight is 394 g/mol. The molecule has 0 radical (unpaired) electrons. The summed E-state index contributed by atoms with van der Waals surface area (Å²) in [6.45, 7) is 4.45. The highest BCUT2D eigenvalue weighted by Crippen LogP contribution is 2.38. The van der Waals surface area contributed by atoms with E-state index in [0.717, 1.165) is 52.1 Å². The lowest BCUT2D eigenvalue weighted by Crippen LogP contribution is -2.43. The number of hydrogen-bond donors (Lipinski definition) is 1. The molecule has 3 heterocycles. The Morgan fingerprint density at radius 1 is 1.14 bits per heavy atom. The third-order valence-electron chi connectivity index (χ3n) is 6.81. The van der Waals surface area contributed by atoms with Crippen molar-refractivity contribution in [3.8, 4) is 11.1 Å². The first-order chi connectivity index (χ1) is 13.7. The number of aromatic nitrogens is 2. The van der Waals surface area contributed by atoms with Crippen LogP contribution in [0.25, 0.3) is 21.3 Å². The highest BCUT2D eigenvalue weighted by atomic mass is 32.1. The number of nitrogens with one attached hydrogen (secondary N) is 1. The second-order valence-corrected chi connectivity index (χ2v) is 9.27. The van der Waals surface area contributed by atoms with Crippen LogP contribution < -0.4 is 5.56 Å². The van der Waals surface area contributed by atoms with Crippen LogP contribution in [0, 0.1) is 11.8 Å². The normalized spacial score (nSPS) is 24.2. The van der Waals surface area contributed by atoms with E-state index in [1.807, 2.05) is 30.3 Å². The Bertz CT molecular complexity index is 1030. The summed E-state index contributed by atoms with van der Waals surface area (Å²) >= 11 is 1.57. The minimum Gasteiger partial charge on any atom is -0.309 e. The number of nitrogens with zero attached hydrogens (tertiary/aromatic N) is 2. The second-order valence-electron chi connectivity index (χ2n) is 8.41. The summed E-state index contributed by atoms with van der Waals surface area (Å²) in [6.07, 6.45) is 6.85. The van der Waals surface area contributed by atoms with Gasteiger partial charge in [-0.3, -0.25) is 9.69 Å². The van der Waals surface area contributed by atoms with Crippen molar-refractivity contribution in [2.24, 2.45) is 11.8 Å². The summed E-state index contributed by atoms with van der Waals surface area (Å²) in [6, 6.07) is 10.3. The minimum absolute atomic E-state index is 0.0143. The van der Waals surface area contributed by atoms with Gasteiger partial charge in [-0.25, -0.2) is 4.98 Å². The summed E-state index contributed by atoms with van der Waals surface area (Å²) < 4.78 is 0. The lowest BCUT2D eigenvalue weighted by atomic mass is 9.75. The molecule has 1 aliphatic carbocycles. The molecule has 146 valence electrons.